The van der Waals surface area contributed by atoms with Crippen molar-refractivity contribution in [1.29, 1.82) is 0 Å². The Hall–Kier alpha value is -3.74. The number of hydrogen-bond acceptors (Lipinski definition) is 8. The lowest BCUT2D eigenvalue weighted by Crippen LogP contribution is -2.51. The molecule has 0 radical (unpaired) electrons. The van der Waals surface area contributed by atoms with Crippen molar-refractivity contribution in [2.45, 2.75) is 38.6 Å². The Bertz CT molecular complexity index is 1210. The molecule has 0 aliphatic carbocycles. The second kappa shape index (κ2) is 13.0. The van der Waals surface area contributed by atoms with E-state index >= 15 is 0 Å². The molecule has 0 saturated carbocycles. The molecule has 37 heavy (non-hydrogen) atoms. The van der Waals surface area contributed by atoms with Crippen LogP contribution in [0.4, 0.5) is 4.79 Å². The first kappa shape index (κ1) is 29.5. The zero-order valence-electron chi connectivity index (χ0n) is 20.9. The van der Waals surface area contributed by atoms with Gasteiger partial charge >= 0.3 is 6.09 Å². The average molecular weight is 534 g/mol. The highest BCUT2D eigenvalue weighted by atomic mass is 35.5. The molecule has 13 heteroatoms. The SMILES string of the molecule is CN(CC(N)=O)C(=O)OCc1cccc2nnc([C@@H](COCc3ccccc3)NC(=O)C(C)(C)N)n12.Cl. The van der Waals surface area contributed by atoms with E-state index in [1.807, 2.05) is 30.3 Å². The third-order valence-corrected chi connectivity index (χ3v) is 5.18. The molecule has 2 heterocycles. The molecule has 3 rings (SSSR count). The molecule has 0 spiro atoms. The Kier molecular flexibility index (Phi) is 10.4. The number of amides is 3. The predicted molar refractivity (Wildman–Crippen MR) is 137 cm³/mol. The Morgan fingerprint density at radius 1 is 1.08 bits per heavy atom. The summed E-state index contributed by atoms with van der Waals surface area (Å²) in [5.74, 6) is -0.674. The number of nitrogens with two attached hydrogens (primary N) is 2. The fourth-order valence-corrected chi connectivity index (χ4v) is 3.31. The summed E-state index contributed by atoms with van der Waals surface area (Å²) in [5, 5.41) is 11.4. The summed E-state index contributed by atoms with van der Waals surface area (Å²) < 4.78 is 12.9. The smallest absolute Gasteiger partial charge is 0.410 e. The molecule has 5 N–H and O–H groups in total. The molecule has 0 saturated heterocycles. The van der Waals surface area contributed by atoms with Crippen LogP contribution in [-0.4, -0.2) is 63.1 Å². The van der Waals surface area contributed by atoms with Crippen molar-refractivity contribution in [3.05, 3.63) is 65.6 Å². The van der Waals surface area contributed by atoms with Gasteiger partial charge in [-0.05, 0) is 31.5 Å². The van der Waals surface area contributed by atoms with Crippen molar-refractivity contribution >= 4 is 36.0 Å². The van der Waals surface area contributed by atoms with Gasteiger partial charge in [0.25, 0.3) is 0 Å². The maximum atomic E-state index is 12.7. The highest BCUT2D eigenvalue weighted by molar-refractivity contribution is 5.85. The quantitative estimate of drug-likeness (QED) is 0.331. The second-order valence-electron chi connectivity index (χ2n) is 8.89. The summed E-state index contributed by atoms with van der Waals surface area (Å²) in [4.78, 5) is 37.1. The molecule has 0 bridgehead atoms. The van der Waals surface area contributed by atoms with Crippen LogP contribution in [0.5, 0.6) is 0 Å². The number of nitrogens with zero attached hydrogens (tertiary/aromatic N) is 4. The fraction of sp³-hybridized carbons (Fsp3) is 0.375. The van der Waals surface area contributed by atoms with E-state index in [1.54, 1.807) is 36.4 Å². The van der Waals surface area contributed by atoms with E-state index in [4.69, 9.17) is 20.9 Å². The highest BCUT2D eigenvalue weighted by Gasteiger charge is 2.28. The minimum Gasteiger partial charge on any atom is -0.443 e. The Morgan fingerprint density at radius 3 is 2.43 bits per heavy atom. The minimum absolute atomic E-state index is 0. The highest BCUT2D eigenvalue weighted by Crippen LogP contribution is 2.18. The minimum atomic E-state index is -1.14. The van der Waals surface area contributed by atoms with Crippen LogP contribution >= 0.6 is 12.4 Å². The number of carbonyl (C=O) groups excluding carboxylic acids is 3. The van der Waals surface area contributed by atoms with E-state index in [0.29, 0.717) is 23.8 Å². The first-order chi connectivity index (χ1) is 17.1. The van der Waals surface area contributed by atoms with Gasteiger partial charge in [-0.3, -0.25) is 14.0 Å². The molecule has 200 valence electrons. The van der Waals surface area contributed by atoms with E-state index in [0.717, 1.165) is 10.5 Å². The maximum Gasteiger partial charge on any atom is 0.410 e. The van der Waals surface area contributed by atoms with Crippen LogP contribution in [0.25, 0.3) is 5.65 Å². The lowest BCUT2D eigenvalue weighted by atomic mass is 10.1. The number of likely N-dealkylation sites (N-methyl/N-ethyl adjacent to an activating group) is 1. The zero-order chi connectivity index (χ0) is 26.3. The molecule has 3 aromatic rings. The van der Waals surface area contributed by atoms with Gasteiger partial charge in [0.1, 0.15) is 19.2 Å². The van der Waals surface area contributed by atoms with E-state index in [9.17, 15) is 14.4 Å². The monoisotopic (exact) mass is 533 g/mol. The summed E-state index contributed by atoms with van der Waals surface area (Å²) in [5.41, 5.74) is 12.0. The van der Waals surface area contributed by atoms with E-state index in [1.165, 1.54) is 7.05 Å². The predicted octanol–water partition coefficient (Wildman–Crippen LogP) is 1.32. The van der Waals surface area contributed by atoms with Crippen LogP contribution in [0.3, 0.4) is 0 Å². The summed E-state index contributed by atoms with van der Waals surface area (Å²) in [6, 6.07) is 14.1. The van der Waals surface area contributed by atoms with Crippen LogP contribution in [0.1, 0.15) is 37.0 Å². The molecule has 2 aromatic heterocycles. The van der Waals surface area contributed by atoms with Gasteiger partial charge in [-0.25, -0.2) is 4.79 Å². The molecule has 1 aromatic carbocycles. The Labute approximate surface area is 220 Å². The maximum absolute atomic E-state index is 12.7. The Balaban J connectivity index is 0.00000481. The molecule has 12 nitrogen and oxygen atoms in total. The standard InChI is InChI=1S/C24H31N7O5.ClH/c1-24(2,26)22(33)27-18(15-35-13-16-8-5-4-6-9-16)21-29-28-20-11-7-10-17(31(20)21)14-36-23(34)30(3)12-19(25)32;/h4-11,18H,12-15,26H2,1-3H3,(H2,25,32)(H,27,33);1H/t18-;/m1./s1. The summed E-state index contributed by atoms with van der Waals surface area (Å²) in [7, 11) is 1.40. The van der Waals surface area contributed by atoms with Gasteiger partial charge in [0.15, 0.2) is 11.5 Å². The number of primary amides is 1. The third-order valence-electron chi connectivity index (χ3n) is 5.18. The number of carbonyl (C=O) groups is 3. The van der Waals surface area contributed by atoms with Gasteiger partial charge in [0.05, 0.1) is 24.4 Å². The number of pyridine rings is 1. The fourth-order valence-electron chi connectivity index (χ4n) is 3.31. The van der Waals surface area contributed by atoms with Gasteiger partial charge in [0.2, 0.25) is 11.8 Å². The van der Waals surface area contributed by atoms with E-state index in [-0.39, 0.29) is 32.2 Å². The normalized spacial score (nSPS) is 11.9. The molecule has 3 amide bonds. The van der Waals surface area contributed by atoms with Crippen molar-refractivity contribution in [3.63, 3.8) is 0 Å². The molecular weight excluding hydrogens is 502 g/mol. The average Bonchev–Trinajstić information content (AvgIpc) is 3.26. The van der Waals surface area contributed by atoms with Crippen molar-refractivity contribution in [2.75, 3.05) is 20.2 Å². The lowest BCUT2D eigenvalue weighted by molar-refractivity contribution is -0.126. The van der Waals surface area contributed by atoms with Gasteiger partial charge in [0, 0.05) is 7.05 Å². The number of ether oxygens (including phenoxy) is 2. The van der Waals surface area contributed by atoms with Gasteiger partial charge in [-0.15, -0.1) is 22.6 Å². The van der Waals surface area contributed by atoms with Crippen LogP contribution in [0, 0.1) is 0 Å². The molecule has 0 aliphatic rings. The van der Waals surface area contributed by atoms with Crippen LogP contribution in [-0.2, 0) is 32.3 Å². The van der Waals surface area contributed by atoms with Crippen molar-refractivity contribution < 1.29 is 23.9 Å². The second-order valence-corrected chi connectivity index (χ2v) is 8.89. The van der Waals surface area contributed by atoms with E-state index in [2.05, 4.69) is 15.5 Å². The summed E-state index contributed by atoms with van der Waals surface area (Å²) >= 11 is 0. The van der Waals surface area contributed by atoms with Crippen molar-refractivity contribution in [3.8, 4) is 0 Å². The topological polar surface area (TPSA) is 167 Å². The molecule has 0 fully saturated rings. The van der Waals surface area contributed by atoms with Crippen LogP contribution < -0.4 is 16.8 Å². The molecule has 0 unspecified atom stereocenters. The number of hydrogen-bond donors (Lipinski definition) is 3. The third kappa shape index (κ3) is 8.13. The number of aromatic nitrogens is 3. The zero-order valence-corrected chi connectivity index (χ0v) is 21.7. The molecule has 0 aliphatic heterocycles. The number of rotatable bonds is 11. The number of nitrogens with one attached hydrogen (secondary N) is 1. The molecular formula is C24H32ClN7O5. The van der Waals surface area contributed by atoms with Gasteiger partial charge in [-0.1, -0.05) is 36.4 Å². The lowest BCUT2D eigenvalue weighted by Gasteiger charge is -2.24. The van der Waals surface area contributed by atoms with E-state index < -0.39 is 29.5 Å². The molecule has 1 atom stereocenters. The van der Waals surface area contributed by atoms with Crippen molar-refractivity contribution in [1.82, 2.24) is 24.8 Å². The number of halogens is 1. The number of fused-ring (bicyclic) bond motifs is 1. The first-order valence-corrected chi connectivity index (χ1v) is 11.3. The van der Waals surface area contributed by atoms with Gasteiger partial charge < -0.3 is 31.2 Å². The summed E-state index contributed by atoms with van der Waals surface area (Å²) in [6.45, 7) is 3.19. The van der Waals surface area contributed by atoms with Gasteiger partial charge in [-0.2, -0.15) is 0 Å². The first-order valence-electron chi connectivity index (χ1n) is 11.3. The van der Waals surface area contributed by atoms with Crippen LogP contribution in [0.2, 0.25) is 0 Å². The Morgan fingerprint density at radius 2 is 1.78 bits per heavy atom. The number of benzene rings is 1. The largest absolute Gasteiger partial charge is 0.443 e. The van der Waals surface area contributed by atoms with Crippen molar-refractivity contribution in [2.24, 2.45) is 11.5 Å². The van der Waals surface area contributed by atoms with Crippen LogP contribution in [0.15, 0.2) is 48.5 Å². The summed E-state index contributed by atoms with van der Waals surface area (Å²) in [6.07, 6.45) is -0.721.